The van der Waals surface area contributed by atoms with Crippen LogP contribution in [0.1, 0.15) is 83.2 Å². The van der Waals surface area contributed by atoms with Crippen molar-refractivity contribution in [3.8, 4) is 0 Å². The Morgan fingerprint density at radius 3 is 1.23 bits per heavy atom. The maximum absolute atomic E-state index is 5.53. The average molecular weight is 571 g/mol. The van der Waals surface area contributed by atoms with E-state index in [1.165, 1.54) is 38.9 Å². The lowest BCUT2D eigenvalue weighted by Crippen LogP contribution is -2.11. The summed E-state index contributed by atoms with van der Waals surface area (Å²) in [5.74, 6) is 0.330. The first-order valence-corrected chi connectivity index (χ1v) is 15.4. The molecule has 0 aliphatic heterocycles. The second kappa shape index (κ2) is 13.5. The highest BCUT2D eigenvalue weighted by atomic mass is 14.8. The maximum atomic E-state index is 5.53. The zero-order valence-corrected chi connectivity index (χ0v) is 25.6. The van der Waals surface area contributed by atoms with Gasteiger partial charge in [0.05, 0.1) is 17.1 Å². The fourth-order valence-corrected chi connectivity index (χ4v) is 6.09. The fraction of sp³-hybridized carbons (Fsp3) is 0.143. The monoisotopic (exact) mass is 570 g/mol. The molecule has 0 aliphatic carbocycles. The SMILES string of the molecule is CC(=Nc1c(C(c2ccccc2)c2ccccc2)cc(C(C)C)cc1C(c1ccccc1)c1ccccc1)c1ccccn1. The second-order valence-corrected chi connectivity index (χ2v) is 11.6. The Labute approximate surface area is 261 Å². The lowest BCUT2D eigenvalue weighted by molar-refractivity contribution is 0.845. The van der Waals surface area contributed by atoms with Crippen molar-refractivity contribution in [1.82, 2.24) is 4.98 Å². The molecule has 1 heterocycles. The van der Waals surface area contributed by atoms with Gasteiger partial charge in [0.2, 0.25) is 0 Å². The van der Waals surface area contributed by atoms with Gasteiger partial charge in [-0.25, -0.2) is 0 Å². The Morgan fingerprint density at radius 2 is 0.886 bits per heavy atom. The van der Waals surface area contributed by atoms with Crippen molar-refractivity contribution in [2.45, 2.75) is 38.5 Å². The fourth-order valence-electron chi connectivity index (χ4n) is 6.09. The van der Waals surface area contributed by atoms with Crippen molar-refractivity contribution in [3.05, 3.63) is 202 Å². The van der Waals surface area contributed by atoms with Crippen molar-refractivity contribution in [3.63, 3.8) is 0 Å². The van der Waals surface area contributed by atoms with E-state index >= 15 is 0 Å². The van der Waals surface area contributed by atoms with Gasteiger partial charge < -0.3 is 0 Å². The molecule has 6 aromatic rings. The Morgan fingerprint density at radius 1 is 0.500 bits per heavy atom. The van der Waals surface area contributed by atoms with Gasteiger partial charge in [-0.3, -0.25) is 9.98 Å². The van der Waals surface area contributed by atoms with Crippen LogP contribution in [0.5, 0.6) is 0 Å². The third kappa shape index (κ3) is 6.31. The first-order valence-electron chi connectivity index (χ1n) is 15.4. The van der Waals surface area contributed by atoms with Crippen molar-refractivity contribution < 1.29 is 0 Å². The van der Waals surface area contributed by atoms with Gasteiger partial charge in [0, 0.05) is 18.0 Å². The van der Waals surface area contributed by atoms with Gasteiger partial charge in [0.15, 0.2) is 0 Å². The summed E-state index contributed by atoms with van der Waals surface area (Å²) < 4.78 is 0. The van der Waals surface area contributed by atoms with Crippen molar-refractivity contribution >= 4 is 11.4 Å². The number of aromatic nitrogens is 1. The van der Waals surface area contributed by atoms with Gasteiger partial charge >= 0.3 is 0 Å². The normalized spacial score (nSPS) is 11.8. The first kappa shape index (κ1) is 29.0. The van der Waals surface area contributed by atoms with E-state index in [4.69, 9.17) is 4.99 Å². The number of nitrogens with zero attached hydrogens (tertiary/aromatic N) is 2. The van der Waals surface area contributed by atoms with E-state index in [-0.39, 0.29) is 11.8 Å². The van der Waals surface area contributed by atoms with Crippen molar-refractivity contribution in [1.29, 1.82) is 0 Å². The third-order valence-electron chi connectivity index (χ3n) is 8.33. The number of pyridine rings is 1. The van der Waals surface area contributed by atoms with E-state index in [1.807, 2.05) is 24.4 Å². The summed E-state index contributed by atoms with van der Waals surface area (Å²) in [4.78, 5) is 10.2. The Kier molecular flexibility index (Phi) is 8.89. The van der Waals surface area contributed by atoms with Gasteiger partial charge in [-0.15, -0.1) is 0 Å². The van der Waals surface area contributed by atoms with E-state index in [0.29, 0.717) is 5.92 Å². The number of aliphatic imine (C=N–C) groups is 1. The topological polar surface area (TPSA) is 25.2 Å². The van der Waals surface area contributed by atoms with E-state index in [9.17, 15) is 0 Å². The number of rotatable bonds is 9. The molecule has 2 heteroatoms. The summed E-state index contributed by atoms with van der Waals surface area (Å²) in [6, 6.07) is 54.2. The lowest BCUT2D eigenvalue weighted by atomic mass is 9.77. The highest BCUT2D eigenvalue weighted by Crippen LogP contribution is 2.46. The summed E-state index contributed by atoms with van der Waals surface area (Å²) in [6.07, 6.45) is 1.84. The van der Waals surface area contributed by atoms with Crippen LogP contribution in [-0.2, 0) is 0 Å². The second-order valence-electron chi connectivity index (χ2n) is 11.6. The molecule has 1 aromatic heterocycles. The molecule has 216 valence electrons. The van der Waals surface area contributed by atoms with E-state index in [0.717, 1.165) is 17.1 Å². The number of hydrogen-bond acceptors (Lipinski definition) is 2. The van der Waals surface area contributed by atoms with Gasteiger partial charge in [0.25, 0.3) is 0 Å². The minimum absolute atomic E-state index is 0.00247. The summed E-state index contributed by atoms with van der Waals surface area (Å²) in [5.41, 5.74) is 11.5. The molecular weight excluding hydrogens is 532 g/mol. The molecule has 6 rings (SSSR count). The van der Waals surface area contributed by atoms with Crippen LogP contribution in [0.2, 0.25) is 0 Å². The Balaban J connectivity index is 1.73. The highest BCUT2D eigenvalue weighted by molar-refractivity contribution is 5.99. The van der Waals surface area contributed by atoms with Crippen LogP contribution in [0, 0.1) is 0 Å². The molecule has 0 fully saturated rings. The quantitative estimate of drug-likeness (QED) is 0.125. The Bertz CT molecular complexity index is 1630. The van der Waals surface area contributed by atoms with E-state index < -0.39 is 0 Å². The van der Waals surface area contributed by atoms with Crippen LogP contribution < -0.4 is 0 Å². The molecule has 5 aromatic carbocycles. The van der Waals surface area contributed by atoms with Crippen LogP contribution in [0.25, 0.3) is 0 Å². The number of benzene rings is 5. The Hall–Kier alpha value is -5.08. The highest BCUT2D eigenvalue weighted by Gasteiger charge is 2.28. The largest absolute Gasteiger partial charge is 0.255 e. The van der Waals surface area contributed by atoms with Gasteiger partial charge in [-0.1, -0.05) is 153 Å². The third-order valence-corrected chi connectivity index (χ3v) is 8.33. The minimum Gasteiger partial charge on any atom is -0.255 e. The molecular formula is C42H38N2. The predicted molar refractivity (Wildman–Crippen MR) is 184 cm³/mol. The first-order chi connectivity index (χ1) is 21.6. The molecule has 2 nitrogen and oxygen atoms in total. The van der Waals surface area contributed by atoms with Crippen molar-refractivity contribution in [2.24, 2.45) is 4.99 Å². The smallest absolute Gasteiger partial charge is 0.0841 e. The van der Waals surface area contributed by atoms with Gasteiger partial charge in [0.1, 0.15) is 0 Å². The molecule has 0 saturated heterocycles. The summed E-state index contributed by atoms with van der Waals surface area (Å²) in [5, 5.41) is 0. The molecule has 0 aliphatic rings. The average Bonchev–Trinajstić information content (AvgIpc) is 3.08. The van der Waals surface area contributed by atoms with E-state index in [2.05, 4.69) is 159 Å². The molecule has 0 amide bonds. The standard InChI is InChI=1S/C42H38N2/c1-30(2)36-28-37(40(32-18-8-4-9-19-32)33-20-10-5-11-21-33)42(44-31(3)39-26-16-17-27-43-39)38(29-36)41(34-22-12-6-13-23-34)35-24-14-7-15-25-35/h4-30,40-41H,1-3H3. The van der Waals surface area contributed by atoms with E-state index in [1.54, 1.807) is 0 Å². The van der Waals surface area contributed by atoms with Gasteiger partial charge in [-0.05, 0) is 63.9 Å². The molecule has 0 unspecified atom stereocenters. The molecule has 0 atom stereocenters. The molecule has 0 saturated carbocycles. The zero-order valence-electron chi connectivity index (χ0n) is 25.6. The van der Waals surface area contributed by atoms with Gasteiger partial charge in [-0.2, -0.15) is 0 Å². The van der Waals surface area contributed by atoms with Crippen LogP contribution >= 0.6 is 0 Å². The van der Waals surface area contributed by atoms with Crippen LogP contribution in [0.4, 0.5) is 5.69 Å². The molecule has 0 radical (unpaired) electrons. The van der Waals surface area contributed by atoms with Crippen molar-refractivity contribution in [2.75, 3.05) is 0 Å². The zero-order chi connectivity index (χ0) is 30.3. The molecule has 0 N–H and O–H groups in total. The van der Waals surface area contributed by atoms with Crippen LogP contribution in [0.3, 0.4) is 0 Å². The minimum atomic E-state index is -0.00247. The molecule has 0 bridgehead atoms. The number of hydrogen-bond donors (Lipinski definition) is 0. The maximum Gasteiger partial charge on any atom is 0.0841 e. The molecule has 44 heavy (non-hydrogen) atoms. The summed E-state index contributed by atoms with van der Waals surface area (Å²) in [6.45, 7) is 6.64. The predicted octanol–water partition coefficient (Wildman–Crippen LogP) is 10.7. The van der Waals surface area contributed by atoms with Crippen LogP contribution in [-0.4, -0.2) is 10.7 Å². The summed E-state index contributed by atoms with van der Waals surface area (Å²) in [7, 11) is 0. The summed E-state index contributed by atoms with van der Waals surface area (Å²) >= 11 is 0. The van der Waals surface area contributed by atoms with Crippen LogP contribution in [0.15, 0.2) is 163 Å². The molecule has 0 spiro atoms. The lowest BCUT2D eigenvalue weighted by Gasteiger charge is -2.28.